The number of nitrogens with zero attached hydrogens (tertiary/aromatic N) is 5. The van der Waals surface area contributed by atoms with Crippen molar-refractivity contribution >= 4 is 11.9 Å². The van der Waals surface area contributed by atoms with Crippen LogP contribution in [0.15, 0.2) is 47.1 Å². The van der Waals surface area contributed by atoms with Crippen LogP contribution in [0, 0.1) is 0 Å². The van der Waals surface area contributed by atoms with Gasteiger partial charge < -0.3 is 19.1 Å². The van der Waals surface area contributed by atoms with Crippen LogP contribution in [0.5, 0.6) is 0 Å². The van der Waals surface area contributed by atoms with E-state index in [1.54, 1.807) is 37.5 Å². The Hall–Kier alpha value is -3.63. The Labute approximate surface area is 194 Å². The van der Waals surface area contributed by atoms with Crippen molar-refractivity contribution in [3.8, 4) is 11.4 Å². The van der Waals surface area contributed by atoms with Gasteiger partial charge in [-0.1, -0.05) is 35.5 Å². The highest BCUT2D eigenvalue weighted by Crippen LogP contribution is 2.29. The van der Waals surface area contributed by atoms with Crippen LogP contribution in [-0.2, 0) is 24.1 Å². The standard InChI is InChI=1S/C23H24F3N5O3/c1-30(14-16-5-8-18(9-6-16)20-28-21(34-29-20)23(24,25)26)22(32)33-15-17-7-10-19(27-13-17)31-11-3-2-4-12-31/h5-10,13H,2-4,11-12,14-15H2,1H3. The van der Waals surface area contributed by atoms with Crippen LogP contribution in [0.4, 0.5) is 23.8 Å². The SMILES string of the molecule is CN(Cc1ccc(-c2noc(C(F)(F)F)n2)cc1)C(=O)OCc1ccc(N2CCCCC2)nc1. The maximum absolute atomic E-state index is 12.6. The number of ether oxygens (including phenoxy) is 1. The van der Waals surface area contributed by atoms with Crippen molar-refractivity contribution in [2.24, 2.45) is 0 Å². The molecular formula is C23H24F3N5O3. The number of pyridine rings is 1. The molecule has 0 aliphatic carbocycles. The molecule has 0 atom stereocenters. The first-order valence-corrected chi connectivity index (χ1v) is 10.9. The topological polar surface area (TPSA) is 84.6 Å². The third-order valence-corrected chi connectivity index (χ3v) is 5.46. The van der Waals surface area contributed by atoms with Gasteiger partial charge in [-0.05, 0) is 30.9 Å². The highest BCUT2D eigenvalue weighted by atomic mass is 19.4. The molecule has 1 saturated heterocycles. The van der Waals surface area contributed by atoms with Crippen molar-refractivity contribution in [1.82, 2.24) is 20.0 Å². The molecule has 1 amide bonds. The fourth-order valence-electron chi connectivity index (χ4n) is 3.62. The minimum atomic E-state index is -4.69. The fraction of sp³-hybridized carbons (Fsp3) is 0.391. The normalized spacial score (nSPS) is 14.2. The lowest BCUT2D eigenvalue weighted by Gasteiger charge is -2.27. The molecule has 1 aromatic carbocycles. The molecule has 4 rings (SSSR count). The van der Waals surface area contributed by atoms with Gasteiger partial charge in [-0.15, -0.1) is 0 Å². The highest BCUT2D eigenvalue weighted by molar-refractivity contribution is 5.67. The van der Waals surface area contributed by atoms with E-state index in [-0.39, 0.29) is 19.0 Å². The molecule has 180 valence electrons. The summed E-state index contributed by atoms with van der Waals surface area (Å²) in [7, 11) is 1.60. The van der Waals surface area contributed by atoms with Gasteiger partial charge in [0.25, 0.3) is 0 Å². The zero-order valence-electron chi connectivity index (χ0n) is 18.6. The molecule has 3 heterocycles. The van der Waals surface area contributed by atoms with E-state index < -0.39 is 18.2 Å². The predicted molar refractivity (Wildman–Crippen MR) is 117 cm³/mol. The highest BCUT2D eigenvalue weighted by Gasteiger charge is 2.38. The van der Waals surface area contributed by atoms with Crippen molar-refractivity contribution < 1.29 is 27.2 Å². The van der Waals surface area contributed by atoms with Crippen LogP contribution < -0.4 is 4.90 Å². The van der Waals surface area contributed by atoms with E-state index in [1.165, 1.54) is 24.2 Å². The van der Waals surface area contributed by atoms with E-state index in [4.69, 9.17) is 4.74 Å². The number of rotatable bonds is 6. The average molecular weight is 475 g/mol. The molecular weight excluding hydrogens is 451 g/mol. The Balaban J connectivity index is 1.27. The number of hydrogen-bond acceptors (Lipinski definition) is 7. The van der Waals surface area contributed by atoms with E-state index in [1.807, 2.05) is 12.1 Å². The molecule has 8 nitrogen and oxygen atoms in total. The summed E-state index contributed by atoms with van der Waals surface area (Å²) >= 11 is 0. The molecule has 0 bridgehead atoms. The van der Waals surface area contributed by atoms with Crippen molar-refractivity contribution in [3.63, 3.8) is 0 Å². The van der Waals surface area contributed by atoms with E-state index in [0.717, 1.165) is 30.0 Å². The molecule has 11 heteroatoms. The van der Waals surface area contributed by atoms with Gasteiger partial charge in [-0.2, -0.15) is 18.2 Å². The first kappa shape index (κ1) is 23.5. The molecule has 34 heavy (non-hydrogen) atoms. The first-order chi connectivity index (χ1) is 16.3. The van der Waals surface area contributed by atoms with Gasteiger partial charge in [-0.25, -0.2) is 9.78 Å². The zero-order chi connectivity index (χ0) is 24.1. The van der Waals surface area contributed by atoms with Crippen LogP contribution in [-0.4, -0.2) is 46.3 Å². The average Bonchev–Trinajstić information content (AvgIpc) is 3.35. The number of carbonyl (C=O) groups excluding carboxylic acids is 1. The molecule has 2 aromatic heterocycles. The lowest BCUT2D eigenvalue weighted by Crippen LogP contribution is -2.30. The number of hydrogen-bond donors (Lipinski definition) is 0. The number of halogens is 3. The second-order valence-corrected chi connectivity index (χ2v) is 8.10. The molecule has 3 aromatic rings. The van der Waals surface area contributed by atoms with Gasteiger partial charge in [-0.3, -0.25) is 0 Å². The third-order valence-electron chi connectivity index (χ3n) is 5.46. The molecule has 0 saturated carbocycles. The van der Waals surface area contributed by atoms with E-state index in [0.29, 0.717) is 5.56 Å². The van der Waals surface area contributed by atoms with Gasteiger partial charge in [0.1, 0.15) is 12.4 Å². The number of alkyl halides is 3. The Bertz CT molecular complexity index is 1090. The Kier molecular flexibility index (Phi) is 6.99. The lowest BCUT2D eigenvalue weighted by molar-refractivity contribution is -0.159. The van der Waals surface area contributed by atoms with Crippen molar-refractivity contribution in [2.45, 2.75) is 38.6 Å². The Morgan fingerprint density at radius 2 is 1.79 bits per heavy atom. The van der Waals surface area contributed by atoms with Crippen LogP contribution in [0.3, 0.4) is 0 Å². The van der Waals surface area contributed by atoms with Crippen molar-refractivity contribution in [3.05, 3.63) is 59.6 Å². The van der Waals surface area contributed by atoms with Crippen LogP contribution in [0.1, 0.15) is 36.3 Å². The summed E-state index contributed by atoms with van der Waals surface area (Å²) in [5, 5.41) is 3.36. The van der Waals surface area contributed by atoms with E-state index in [2.05, 4.69) is 24.5 Å². The second-order valence-electron chi connectivity index (χ2n) is 8.10. The summed E-state index contributed by atoms with van der Waals surface area (Å²) in [4.78, 5) is 23.9. The zero-order valence-corrected chi connectivity index (χ0v) is 18.6. The number of carbonyl (C=O) groups is 1. The molecule has 1 aliphatic heterocycles. The Morgan fingerprint density at radius 1 is 1.09 bits per heavy atom. The smallest absolute Gasteiger partial charge is 0.444 e. The molecule has 0 radical (unpaired) electrons. The van der Waals surface area contributed by atoms with Gasteiger partial charge >= 0.3 is 18.2 Å². The predicted octanol–water partition coefficient (Wildman–Crippen LogP) is 4.91. The number of benzene rings is 1. The molecule has 1 aliphatic rings. The maximum atomic E-state index is 12.6. The third kappa shape index (κ3) is 5.83. The summed E-state index contributed by atoms with van der Waals surface area (Å²) in [6, 6.07) is 10.3. The maximum Gasteiger partial charge on any atom is 0.471 e. The number of piperidine rings is 1. The van der Waals surface area contributed by atoms with E-state index >= 15 is 0 Å². The number of aromatic nitrogens is 3. The van der Waals surface area contributed by atoms with Gasteiger partial charge in [0.2, 0.25) is 5.82 Å². The van der Waals surface area contributed by atoms with Gasteiger partial charge in [0.15, 0.2) is 0 Å². The summed E-state index contributed by atoms with van der Waals surface area (Å²) < 4.78 is 47.5. The summed E-state index contributed by atoms with van der Waals surface area (Å²) in [5.41, 5.74) is 1.93. The summed E-state index contributed by atoms with van der Waals surface area (Å²) in [6.45, 7) is 2.38. The van der Waals surface area contributed by atoms with Crippen LogP contribution in [0.25, 0.3) is 11.4 Å². The quantitative estimate of drug-likeness (QED) is 0.501. The van der Waals surface area contributed by atoms with Gasteiger partial charge in [0.05, 0.1) is 0 Å². The molecule has 0 spiro atoms. The Morgan fingerprint density at radius 3 is 2.41 bits per heavy atom. The van der Waals surface area contributed by atoms with Gasteiger partial charge in [0, 0.05) is 44.0 Å². The van der Waals surface area contributed by atoms with Crippen molar-refractivity contribution in [1.29, 1.82) is 0 Å². The minimum absolute atomic E-state index is 0.106. The summed E-state index contributed by atoms with van der Waals surface area (Å²) in [5.74, 6) is -0.622. The molecule has 1 fully saturated rings. The number of anilines is 1. The molecule has 0 unspecified atom stereocenters. The fourth-order valence-corrected chi connectivity index (χ4v) is 3.62. The van der Waals surface area contributed by atoms with E-state index in [9.17, 15) is 18.0 Å². The van der Waals surface area contributed by atoms with Crippen molar-refractivity contribution in [2.75, 3.05) is 25.0 Å². The lowest BCUT2D eigenvalue weighted by atomic mass is 10.1. The number of amides is 1. The van der Waals surface area contributed by atoms with Crippen LogP contribution >= 0.6 is 0 Å². The first-order valence-electron chi connectivity index (χ1n) is 10.9. The van der Waals surface area contributed by atoms with Crippen LogP contribution in [0.2, 0.25) is 0 Å². The second kappa shape index (κ2) is 10.1. The molecule has 0 N–H and O–H groups in total. The largest absolute Gasteiger partial charge is 0.471 e. The summed E-state index contributed by atoms with van der Waals surface area (Å²) in [6.07, 6.45) is 0.122. The minimum Gasteiger partial charge on any atom is -0.444 e. The monoisotopic (exact) mass is 475 g/mol.